The number of nitrogen functional groups attached to an aromatic ring is 1. The lowest BCUT2D eigenvalue weighted by Crippen LogP contribution is -2.43. The summed E-state index contributed by atoms with van der Waals surface area (Å²) in [5.74, 6) is 0. The van der Waals surface area contributed by atoms with Crippen LogP contribution in [0.2, 0.25) is 5.02 Å². The molecule has 0 saturated heterocycles. The van der Waals surface area contributed by atoms with Crippen LogP contribution in [0.1, 0.15) is 19.4 Å². The molecule has 1 aromatic rings. The van der Waals surface area contributed by atoms with E-state index in [-0.39, 0.29) is 12.1 Å². The molecule has 0 heterocycles. The van der Waals surface area contributed by atoms with Gasteiger partial charge in [0.05, 0.1) is 6.61 Å². The van der Waals surface area contributed by atoms with Crippen molar-refractivity contribution in [1.82, 2.24) is 4.90 Å². The van der Waals surface area contributed by atoms with Crippen molar-refractivity contribution in [1.29, 1.82) is 0 Å². The summed E-state index contributed by atoms with van der Waals surface area (Å²) in [6.07, 6.45) is 0. The summed E-state index contributed by atoms with van der Waals surface area (Å²) in [6.45, 7) is 4.72. The van der Waals surface area contributed by atoms with E-state index < -0.39 is 0 Å². The van der Waals surface area contributed by atoms with Crippen LogP contribution >= 0.6 is 11.6 Å². The van der Waals surface area contributed by atoms with E-state index in [1.54, 1.807) is 12.1 Å². The van der Waals surface area contributed by atoms with E-state index in [4.69, 9.17) is 17.3 Å². The number of halogens is 1. The molecule has 3 nitrogen and oxygen atoms in total. The first-order valence-corrected chi connectivity index (χ1v) is 5.60. The molecule has 0 unspecified atom stereocenters. The third kappa shape index (κ3) is 3.11. The Balaban J connectivity index is 2.84. The maximum Gasteiger partial charge on any atom is 0.0610 e. The molecule has 0 spiro atoms. The van der Waals surface area contributed by atoms with Gasteiger partial charge in [0.25, 0.3) is 0 Å². The fourth-order valence-electron chi connectivity index (χ4n) is 1.31. The maximum atomic E-state index is 9.27. The van der Waals surface area contributed by atoms with E-state index in [2.05, 4.69) is 0 Å². The van der Waals surface area contributed by atoms with E-state index in [1.807, 2.05) is 31.9 Å². The topological polar surface area (TPSA) is 49.5 Å². The van der Waals surface area contributed by atoms with E-state index in [1.165, 1.54) is 0 Å². The Morgan fingerprint density at radius 1 is 1.44 bits per heavy atom. The fourth-order valence-corrected chi connectivity index (χ4v) is 1.48. The van der Waals surface area contributed by atoms with Gasteiger partial charge in [-0.15, -0.1) is 0 Å². The van der Waals surface area contributed by atoms with Gasteiger partial charge < -0.3 is 10.8 Å². The molecule has 0 fully saturated rings. The van der Waals surface area contributed by atoms with Crippen molar-refractivity contribution in [3.05, 3.63) is 28.8 Å². The van der Waals surface area contributed by atoms with E-state index in [0.717, 1.165) is 5.56 Å². The molecule has 0 radical (unpaired) electrons. The number of nitrogens with zero attached hydrogens (tertiary/aromatic N) is 1. The molecule has 1 aromatic carbocycles. The molecule has 0 atom stereocenters. The largest absolute Gasteiger partial charge is 0.399 e. The van der Waals surface area contributed by atoms with Crippen LogP contribution in [0.3, 0.4) is 0 Å². The van der Waals surface area contributed by atoms with Crippen molar-refractivity contribution < 1.29 is 5.11 Å². The molecular formula is C12H19ClN2O. The van der Waals surface area contributed by atoms with Crippen LogP contribution in [0.15, 0.2) is 18.2 Å². The minimum absolute atomic E-state index is 0.101. The van der Waals surface area contributed by atoms with Crippen molar-refractivity contribution in [2.75, 3.05) is 19.4 Å². The van der Waals surface area contributed by atoms with Crippen molar-refractivity contribution in [2.24, 2.45) is 0 Å². The summed E-state index contributed by atoms with van der Waals surface area (Å²) >= 11 is 6.09. The Bertz CT molecular complexity index is 366. The summed E-state index contributed by atoms with van der Waals surface area (Å²) in [5.41, 5.74) is 7.13. The lowest BCUT2D eigenvalue weighted by atomic mass is 10.0. The van der Waals surface area contributed by atoms with Gasteiger partial charge >= 0.3 is 0 Å². The Kier molecular flexibility index (Phi) is 4.19. The predicted octanol–water partition coefficient (Wildman–Crippen LogP) is 2.12. The highest BCUT2D eigenvalue weighted by atomic mass is 35.5. The van der Waals surface area contributed by atoms with Gasteiger partial charge in [0.2, 0.25) is 0 Å². The zero-order valence-corrected chi connectivity index (χ0v) is 10.8. The highest BCUT2D eigenvalue weighted by Crippen LogP contribution is 2.23. The molecule has 3 N–H and O–H groups in total. The Morgan fingerprint density at radius 3 is 2.62 bits per heavy atom. The van der Waals surface area contributed by atoms with Gasteiger partial charge in [-0.05, 0) is 44.7 Å². The molecule has 1 rings (SSSR count). The predicted molar refractivity (Wildman–Crippen MR) is 68.5 cm³/mol. The summed E-state index contributed by atoms with van der Waals surface area (Å²) < 4.78 is 0. The Hall–Kier alpha value is -0.770. The minimum Gasteiger partial charge on any atom is -0.399 e. The van der Waals surface area contributed by atoms with Gasteiger partial charge in [-0.25, -0.2) is 0 Å². The van der Waals surface area contributed by atoms with Gasteiger partial charge in [0.1, 0.15) is 0 Å². The van der Waals surface area contributed by atoms with E-state index >= 15 is 0 Å². The summed E-state index contributed by atoms with van der Waals surface area (Å²) in [7, 11) is 1.95. The highest BCUT2D eigenvalue weighted by molar-refractivity contribution is 6.31. The number of benzene rings is 1. The Labute approximate surface area is 102 Å². The number of aliphatic hydroxyl groups is 1. The number of nitrogens with two attached hydrogens (primary N) is 1. The second kappa shape index (κ2) is 5.04. The van der Waals surface area contributed by atoms with E-state index in [9.17, 15) is 5.11 Å². The first kappa shape index (κ1) is 13.3. The number of hydrogen-bond acceptors (Lipinski definition) is 3. The second-order valence-corrected chi connectivity index (χ2v) is 5.08. The molecule has 0 saturated carbocycles. The average Bonchev–Trinajstić information content (AvgIpc) is 2.23. The van der Waals surface area contributed by atoms with Crippen LogP contribution in [0, 0.1) is 0 Å². The molecule has 16 heavy (non-hydrogen) atoms. The van der Waals surface area contributed by atoms with Gasteiger partial charge in [0.15, 0.2) is 0 Å². The molecule has 0 aromatic heterocycles. The van der Waals surface area contributed by atoms with E-state index in [0.29, 0.717) is 17.3 Å². The normalized spacial score (nSPS) is 12.1. The SMILES string of the molecule is CN(Cc1cc(N)ccc1Cl)C(C)(C)CO. The number of likely N-dealkylation sites (N-methyl/N-ethyl adjacent to an activating group) is 1. The summed E-state index contributed by atoms with van der Waals surface area (Å²) in [4.78, 5) is 2.05. The molecule has 4 heteroatoms. The minimum atomic E-state index is -0.270. The maximum absolute atomic E-state index is 9.27. The van der Waals surface area contributed by atoms with Crippen LogP contribution in [0.5, 0.6) is 0 Å². The molecular weight excluding hydrogens is 224 g/mol. The van der Waals surface area contributed by atoms with Crippen molar-refractivity contribution in [3.63, 3.8) is 0 Å². The quantitative estimate of drug-likeness (QED) is 0.796. The third-order valence-electron chi connectivity index (χ3n) is 2.90. The first-order chi connectivity index (χ1) is 7.36. The standard InChI is InChI=1S/C12H19ClN2O/c1-12(2,8-16)15(3)7-9-6-10(14)4-5-11(9)13/h4-6,16H,7-8,14H2,1-3H3. The fraction of sp³-hybridized carbons (Fsp3) is 0.500. The zero-order chi connectivity index (χ0) is 12.3. The van der Waals surface area contributed by atoms with Gasteiger partial charge in [0, 0.05) is 22.8 Å². The van der Waals surface area contributed by atoms with Crippen LogP contribution in [-0.4, -0.2) is 29.2 Å². The molecule has 0 aliphatic rings. The summed E-state index contributed by atoms with van der Waals surface area (Å²) in [5, 5.41) is 9.97. The summed E-state index contributed by atoms with van der Waals surface area (Å²) in [6, 6.07) is 5.45. The molecule has 0 bridgehead atoms. The molecule has 0 aliphatic heterocycles. The van der Waals surface area contributed by atoms with Crippen LogP contribution < -0.4 is 5.73 Å². The second-order valence-electron chi connectivity index (χ2n) is 4.68. The highest BCUT2D eigenvalue weighted by Gasteiger charge is 2.22. The number of anilines is 1. The molecule has 0 amide bonds. The smallest absolute Gasteiger partial charge is 0.0610 e. The number of hydrogen-bond donors (Lipinski definition) is 2. The molecule has 0 aliphatic carbocycles. The van der Waals surface area contributed by atoms with Crippen LogP contribution in [0.4, 0.5) is 5.69 Å². The van der Waals surface area contributed by atoms with Gasteiger partial charge in [-0.1, -0.05) is 11.6 Å². The third-order valence-corrected chi connectivity index (χ3v) is 3.27. The van der Waals surface area contributed by atoms with Crippen molar-refractivity contribution in [3.8, 4) is 0 Å². The lowest BCUT2D eigenvalue weighted by Gasteiger charge is -2.34. The average molecular weight is 243 g/mol. The van der Waals surface area contributed by atoms with Crippen LogP contribution in [0.25, 0.3) is 0 Å². The van der Waals surface area contributed by atoms with Crippen molar-refractivity contribution in [2.45, 2.75) is 25.9 Å². The zero-order valence-electron chi connectivity index (χ0n) is 10.00. The Morgan fingerprint density at radius 2 is 2.06 bits per heavy atom. The number of aliphatic hydroxyl groups excluding tert-OH is 1. The van der Waals surface area contributed by atoms with Gasteiger partial charge in [-0.3, -0.25) is 4.90 Å². The number of rotatable bonds is 4. The van der Waals surface area contributed by atoms with Crippen molar-refractivity contribution >= 4 is 17.3 Å². The molecule has 90 valence electrons. The van der Waals surface area contributed by atoms with Crippen LogP contribution in [-0.2, 0) is 6.54 Å². The monoisotopic (exact) mass is 242 g/mol. The van der Waals surface area contributed by atoms with Gasteiger partial charge in [-0.2, -0.15) is 0 Å². The first-order valence-electron chi connectivity index (χ1n) is 5.23. The lowest BCUT2D eigenvalue weighted by molar-refractivity contribution is 0.0734.